The summed E-state index contributed by atoms with van der Waals surface area (Å²) in [6.45, 7) is 1.88. The fourth-order valence-electron chi connectivity index (χ4n) is 2.32. The third-order valence-electron chi connectivity index (χ3n) is 3.53. The second-order valence-corrected chi connectivity index (χ2v) is 4.93. The smallest absolute Gasteiger partial charge is 0.337 e. The summed E-state index contributed by atoms with van der Waals surface area (Å²) in [5.74, 6) is -0.974. The first-order valence-electron chi connectivity index (χ1n) is 6.03. The lowest BCUT2D eigenvalue weighted by molar-refractivity contribution is 0.0698. The van der Waals surface area contributed by atoms with E-state index >= 15 is 0 Å². The van der Waals surface area contributed by atoms with Crippen LogP contribution in [0.3, 0.4) is 0 Å². The average Bonchev–Trinajstić information content (AvgIpc) is 2.78. The molecule has 1 saturated heterocycles. The number of rotatable bonds is 3. The number of benzene rings is 1. The Hall–Kier alpha value is -1.75. The molecule has 0 spiro atoms. The maximum absolute atomic E-state index is 11.1. The van der Waals surface area contributed by atoms with Crippen LogP contribution in [0.15, 0.2) is 18.2 Å². The summed E-state index contributed by atoms with van der Waals surface area (Å²) < 4.78 is 0. The average molecular weight is 249 g/mol. The topological polar surface area (TPSA) is 69.8 Å². The number of aromatic carboxylic acids is 1. The van der Waals surface area contributed by atoms with Gasteiger partial charge in [0, 0.05) is 30.5 Å². The first-order valence-corrected chi connectivity index (χ1v) is 6.03. The molecule has 0 aliphatic carbocycles. The monoisotopic (exact) mass is 249 g/mol. The van der Waals surface area contributed by atoms with Gasteiger partial charge in [0.25, 0.3) is 0 Å². The van der Waals surface area contributed by atoms with Crippen molar-refractivity contribution in [3.8, 4) is 0 Å². The number of hydrogen-bond donors (Lipinski definition) is 2. The first-order chi connectivity index (χ1) is 8.49. The largest absolute Gasteiger partial charge is 0.478 e. The lowest BCUT2D eigenvalue weighted by atomic mass is 10.1. The number of carboxylic acid groups (broad SMARTS) is 1. The Balaban J connectivity index is 2.20. The van der Waals surface area contributed by atoms with Gasteiger partial charge in [0.1, 0.15) is 0 Å². The molecule has 1 aromatic carbocycles. The number of nitrogen functional groups attached to an aromatic ring is 1. The van der Waals surface area contributed by atoms with Crippen LogP contribution in [-0.4, -0.2) is 49.2 Å². The van der Waals surface area contributed by atoms with Crippen LogP contribution in [0.1, 0.15) is 16.8 Å². The van der Waals surface area contributed by atoms with Crippen molar-refractivity contribution >= 4 is 17.3 Å². The van der Waals surface area contributed by atoms with Crippen molar-refractivity contribution in [2.75, 3.05) is 37.8 Å². The van der Waals surface area contributed by atoms with Crippen LogP contribution in [0.4, 0.5) is 11.4 Å². The van der Waals surface area contributed by atoms with E-state index in [1.807, 2.05) is 6.07 Å². The van der Waals surface area contributed by atoms with Crippen LogP contribution in [0, 0.1) is 0 Å². The zero-order valence-corrected chi connectivity index (χ0v) is 10.8. The van der Waals surface area contributed by atoms with Crippen LogP contribution in [-0.2, 0) is 0 Å². The van der Waals surface area contributed by atoms with Gasteiger partial charge in [-0.25, -0.2) is 4.79 Å². The van der Waals surface area contributed by atoms with Crippen molar-refractivity contribution in [2.24, 2.45) is 0 Å². The quantitative estimate of drug-likeness (QED) is 0.785. The fraction of sp³-hybridized carbons (Fsp3) is 0.462. The summed E-state index contributed by atoms with van der Waals surface area (Å²) in [7, 11) is 4.14. The molecule has 1 aliphatic heterocycles. The molecule has 0 radical (unpaired) electrons. The molecular formula is C13H19N3O2. The van der Waals surface area contributed by atoms with Gasteiger partial charge in [-0.2, -0.15) is 0 Å². The van der Waals surface area contributed by atoms with Gasteiger partial charge >= 0.3 is 5.97 Å². The lowest BCUT2D eigenvalue weighted by Crippen LogP contribution is -2.31. The van der Waals surface area contributed by atoms with E-state index in [2.05, 4.69) is 23.9 Å². The molecule has 5 nitrogen and oxygen atoms in total. The number of carboxylic acids is 1. The predicted octanol–water partition coefficient (Wildman–Crippen LogP) is 1.11. The summed E-state index contributed by atoms with van der Waals surface area (Å²) in [6.07, 6.45) is 1.10. The molecule has 5 heteroatoms. The minimum atomic E-state index is -0.974. The predicted molar refractivity (Wildman–Crippen MR) is 72.1 cm³/mol. The summed E-state index contributed by atoms with van der Waals surface area (Å²) in [5, 5.41) is 9.07. The summed E-state index contributed by atoms with van der Waals surface area (Å²) in [5.41, 5.74) is 7.09. The molecule has 1 heterocycles. The van der Waals surface area contributed by atoms with Crippen LogP contribution in [0.25, 0.3) is 0 Å². The van der Waals surface area contributed by atoms with Gasteiger partial charge < -0.3 is 20.6 Å². The standard InChI is InChI=1S/C13H19N3O2/c1-15(2)10-5-6-16(8-10)9-3-4-12(14)11(7-9)13(17)18/h3-4,7,10H,5-6,8,14H2,1-2H3,(H,17,18). The minimum Gasteiger partial charge on any atom is -0.478 e. The molecule has 1 unspecified atom stereocenters. The van der Waals surface area contributed by atoms with Gasteiger partial charge in [0.05, 0.1) is 5.56 Å². The molecule has 3 N–H and O–H groups in total. The van der Waals surface area contributed by atoms with Crippen molar-refractivity contribution in [1.29, 1.82) is 0 Å². The van der Waals surface area contributed by atoms with Crippen LogP contribution < -0.4 is 10.6 Å². The molecule has 0 amide bonds. The second kappa shape index (κ2) is 4.86. The number of anilines is 2. The maximum Gasteiger partial charge on any atom is 0.337 e. The molecular weight excluding hydrogens is 230 g/mol. The Morgan fingerprint density at radius 1 is 1.50 bits per heavy atom. The molecule has 0 aromatic heterocycles. The summed E-state index contributed by atoms with van der Waals surface area (Å²) in [6, 6.07) is 5.74. The van der Waals surface area contributed by atoms with E-state index in [0.29, 0.717) is 11.7 Å². The van der Waals surface area contributed by atoms with Crippen molar-refractivity contribution in [3.63, 3.8) is 0 Å². The Morgan fingerprint density at radius 2 is 2.22 bits per heavy atom. The van der Waals surface area contributed by atoms with Gasteiger partial charge in [0.15, 0.2) is 0 Å². The van der Waals surface area contributed by atoms with E-state index in [1.165, 1.54) is 0 Å². The third kappa shape index (κ3) is 2.41. The van der Waals surface area contributed by atoms with Crippen LogP contribution in [0.5, 0.6) is 0 Å². The molecule has 1 aromatic rings. The molecule has 2 rings (SSSR count). The van der Waals surface area contributed by atoms with Crippen molar-refractivity contribution < 1.29 is 9.90 Å². The zero-order valence-electron chi connectivity index (χ0n) is 10.8. The third-order valence-corrected chi connectivity index (χ3v) is 3.53. The second-order valence-electron chi connectivity index (χ2n) is 4.93. The van der Waals surface area contributed by atoms with E-state index in [9.17, 15) is 4.79 Å². The van der Waals surface area contributed by atoms with Crippen molar-refractivity contribution in [2.45, 2.75) is 12.5 Å². The van der Waals surface area contributed by atoms with E-state index < -0.39 is 5.97 Å². The number of hydrogen-bond acceptors (Lipinski definition) is 4. The van der Waals surface area contributed by atoms with E-state index in [0.717, 1.165) is 25.2 Å². The van der Waals surface area contributed by atoms with Gasteiger partial charge in [-0.05, 0) is 38.7 Å². The number of carbonyl (C=O) groups is 1. The highest BCUT2D eigenvalue weighted by Crippen LogP contribution is 2.25. The highest BCUT2D eigenvalue weighted by atomic mass is 16.4. The highest BCUT2D eigenvalue weighted by molar-refractivity contribution is 5.94. The molecule has 98 valence electrons. The molecule has 18 heavy (non-hydrogen) atoms. The molecule has 1 atom stereocenters. The van der Waals surface area contributed by atoms with Crippen molar-refractivity contribution in [3.05, 3.63) is 23.8 Å². The molecule has 1 aliphatic rings. The van der Waals surface area contributed by atoms with Crippen LogP contribution >= 0.6 is 0 Å². The van der Waals surface area contributed by atoms with E-state index in [-0.39, 0.29) is 5.56 Å². The number of nitrogens with zero attached hydrogens (tertiary/aromatic N) is 2. The van der Waals surface area contributed by atoms with Gasteiger partial charge in [0.2, 0.25) is 0 Å². The molecule has 1 fully saturated rings. The normalized spacial score (nSPS) is 19.5. The number of nitrogens with two attached hydrogens (primary N) is 1. The van der Waals surface area contributed by atoms with Gasteiger partial charge in [-0.1, -0.05) is 0 Å². The van der Waals surface area contributed by atoms with E-state index in [4.69, 9.17) is 10.8 Å². The first kappa shape index (κ1) is 12.7. The molecule has 0 saturated carbocycles. The van der Waals surface area contributed by atoms with Gasteiger partial charge in [-0.3, -0.25) is 0 Å². The Bertz CT molecular complexity index is 460. The SMILES string of the molecule is CN(C)C1CCN(c2ccc(N)c(C(=O)O)c2)C1. The maximum atomic E-state index is 11.1. The number of likely N-dealkylation sites (N-methyl/N-ethyl adjacent to an activating group) is 1. The van der Waals surface area contributed by atoms with Gasteiger partial charge in [-0.15, -0.1) is 0 Å². The summed E-state index contributed by atoms with van der Waals surface area (Å²) in [4.78, 5) is 15.5. The Labute approximate surface area is 107 Å². The fourth-order valence-corrected chi connectivity index (χ4v) is 2.32. The van der Waals surface area contributed by atoms with Crippen LogP contribution in [0.2, 0.25) is 0 Å². The van der Waals surface area contributed by atoms with Crippen molar-refractivity contribution in [1.82, 2.24) is 4.90 Å². The summed E-state index contributed by atoms with van der Waals surface area (Å²) >= 11 is 0. The Morgan fingerprint density at radius 3 is 2.78 bits per heavy atom. The Kier molecular flexibility index (Phi) is 3.43. The zero-order chi connectivity index (χ0) is 13.3. The highest BCUT2D eigenvalue weighted by Gasteiger charge is 2.24. The minimum absolute atomic E-state index is 0.181. The molecule has 0 bridgehead atoms. The lowest BCUT2D eigenvalue weighted by Gasteiger charge is -2.22. The van der Waals surface area contributed by atoms with E-state index in [1.54, 1.807) is 12.1 Å².